The Morgan fingerprint density at radius 2 is 1.97 bits per heavy atom. The average Bonchev–Trinajstić information content (AvgIpc) is 3.42. The molecule has 2 N–H and O–H groups in total. The van der Waals surface area contributed by atoms with Crippen LogP contribution in [0.3, 0.4) is 0 Å². The van der Waals surface area contributed by atoms with E-state index in [0.717, 1.165) is 10.3 Å². The van der Waals surface area contributed by atoms with Crippen LogP contribution in [0, 0.1) is 0 Å². The molecule has 3 amide bonds. The number of esters is 1. The van der Waals surface area contributed by atoms with Crippen LogP contribution in [-0.4, -0.2) is 45.6 Å². The number of aliphatic carboxylic acids is 1. The Kier molecular flexibility index (Phi) is 5.04. The van der Waals surface area contributed by atoms with Crippen LogP contribution in [0.1, 0.15) is 21.9 Å². The molecule has 1 aromatic carbocycles. The molecule has 3 aromatic rings. The van der Waals surface area contributed by atoms with Crippen LogP contribution in [-0.2, 0) is 27.4 Å². The number of carbonyl (C=O) groups excluding carboxylic acids is 3. The predicted octanol–water partition coefficient (Wildman–Crippen LogP) is 2.20. The standard InChI is InChI=1S/C21H17N3O7/c1-30-20(28)17-7-6-13(31-17)10-24-19(27)15(22-21(24)29)8-12-9-23(11-18(25)26)16-5-3-2-4-14(12)16/h2-9H,10-11H2,1H3,(H,22,29)(H,25,26)/b15-8-. The van der Waals surface area contributed by atoms with Gasteiger partial charge < -0.3 is 24.1 Å². The Hall–Kier alpha value is -4.34. The molecule has 2 aromatic heterocycles. The maximum atomic E-state index is 12.8. The van der Waals surface area contributed by atoms with Gasteiger partial charge in [-0.05, 0) is 24.3 Å². The number of benzene rings is 1. The number of nitrogens with zero attached hydrogens (tertiary/aromatic N) is 2. The van der Waals surface area contributed by atoms with Crippen molar-refractivity contribution in [3.63, 3.8) is 0 Å². The minimum absolute atomic E-state index is 0.0356. The molecule has 0 unspecified atom stereocenters. The summed E-state index contributed by atoms with van der Waals surface area (Å²) in [4.78, 5) is 48.7. The zero-order valence-electron chi connectivity index (χ0n) is 16.3. The number of ether oxygens (including phenoxy) is 1. The van der Waals surface area contributed by atoms with Crippen molar-refractivity contribution in [2.45, 2.75) is 13.1 Å². The lowest BCUT2D eigenvalue weighted by atomic mass is 10.1. The van der Waals surface area contributed by atoms with Crippen molar-refractivity contribution in [2.24, 2.45) is 0 Å². The lowest BCUT2D eigenvalue weighted by Crippen LogP contribution is -2.30. The van der Waals surface area contributed by atoms with Crippen LogP contribution >= 0.6 is 0 Å². The molecule has 1 aliphatic rings. The van der Waals surface area contributed by atoms with Crippen LogP contribution in [0.5, 0.6) is 0 Å². The number of methoxy groups -OCH3 is 1. The first-order chi connectivity index (χ1) is 14.9. The maximum Gasteiger partial charge on any atom is 0.373 e. The number of fused-ring (bicyclic) bond motifs is 1. The van der Waals surface area contributed by atoms with Gasteiger partial charge in [0.2, 0.25) is 5.76 Å². The molecule has 0 atom stereocenters. The number of hydrogen-bond donors (Lipinski definition) is 2. The number of rotatable bonds is 6. The topological polar surface area (TPSA) is 131 Å². The van der Waals surface area contributed by atoms with E-state index in [1.54, 1.807) is 35.0 Å². The number of carbonyl (C=O) groups is 4. The molecular weight excluding hydrogens is 406 g/mol. The second-order valence-corrected chi connectivity index (χ2v) is 6.76. The zero-order chi connectivity index (χ0) is 22.1. The Morgan fingerprint density at radius 1 is 1.19 bits per heavy atom. The summed E-state index contributed by atoms with van der Waals surface area (Å²) in [5.41, 5.74) is 1.33. The van der Waals surface area contributed by atoms with Crippen molar-refractivity contribution in [1.82, 2.24) is 14.8 Å². The molecule has 0 aliphatic carbocycles. The van der Waals surface area contributed by atoms with Gasteiger partial charge in [0.1, 0.15) is 18.0 Å². The average molecular weight is 423 g/mol. The van der Waals surface area contributed by atoms with Gasteiger partial charge in [0.25, 0.3) is 5.91 Å². The quantitative estimate of drug-likeness (QED) is 0.353. The van der Waals surface area contributed by atoms with E-state index in [1.807, 2.05) is 0 Å². The van der Waals surface area contributed by atoms with Crippen molar-refractivity contribution in [3.8, 4) is 0 Å². The molecule has 1 saturated heterocycles. The minimum Gasteiger partial charge on any atom is -0.480 e. The molecule has 4 rings (SSSR count). The number of amides is 3. The van der Waals surface area contributed by atoms with Crippen LogP contribution in [0.15, 0.2) is 52.7 Å². The number of para-hydroxylation sites is 1. The number of hydrogen-bond acceptors (Lipinski definition) is 6. The second-order valence-electron chi connectivity index (χ2n) is 6.76. The lowest BCUT2D eigenvalue weighted by Gasteiger charge is -2.09. The van der Waals surface area contributed by atoms with Crippen LogP contribution < -0.4 is 5.32 Å². The molecule has 1 aliphatic heterocycles. The smallest absolute Gasteiger partial charge is 0.373 e. The zero-order valence-corrected chi connectivity index (χ0v) is 16.3. The molecule has 0 radical (unpaired) electrons. The molecular formula is C21H17N3O7. The van der Waals surface area contributed by atoms with Crippen LogP contribution in [0.25, 0.3) is 17.0 Å². The van der Waals surface area contributed by atoms with E-state index in [0.29, 0.717) is 11.1 Å². The highest BCUT2D eigenvalue weighted by Gasteiger charge is 2.34. The lowest BCUT2D eigenvalue weighted by molar-refractivity contribution is -0.137. The van der Waals surface area contributed by atoms with E-state index in [-0.39, 0.29) is 30.3 Å². The van der Waals surface area contributed by atoms with E-state index in [2.05, 4.69) is 10.1 Å². The molecule has 10 nitrogen and oxygen atoms in total. The maximum absolute atomic E-state index is 12.8. The number of urea groups is 1. The molecule has 10 heteroatoms. The number of carboxylic acid groups (broad SMARTS) is 1. The monoisotopic (exact) mass is 423 g/mol. The number of carboxylic acids is 1. The van der Waals surface area contributed by atoms with Gasteiger partial charge in [-0.15, -0.1) is 0 Å². The fourth-order valence-corrected chi connectivity index (χ4v) is 3.37. The third-order valence-electron chi connectivity index (χ3n) is 4.75. The molecule has 0 bridgehead atoms. The van der Waals surface area contributed by atoms with Crippen molar-refractivity contribution in [2.75, 3.05) is 7.11 Å². The summed E-state index contributed by atoms with van der Waals surface area (Å²) < 4.78 is 11.4. The molecule has 158 valence electrons. The summed E-state index contributed by atoms with van der Waals surface area (Å²) in [5.74, 6) is -2.03. The summed E-state index contributed by atoms with van der Waals surface area (Å²) >= 11 is 0. The number of furan rings is 1. The predicted molar refractivity (Wildman–Crippen MR) is 107 cm³/mol. The van der Waals surface area contributed by atoms with Gasteiger partial charge in [-0.2, -0.15) is 0 Å². The highest BCUT2D eigenvalue weighted by atomic mass is 16.5. The van der Waals surface area contributed by atoms with Crippen molar-refractivity contribution >= 4 is 40.9 Å². The summed E-state index contributed by atoms with van der Waals surface area (Å²) in [5, 5.41) is 12.4. The second kappa shape index (κ2) is 7.82. The Labute approximate surface area is 175 Å². The molecule has 1 fully saturated rings. The minimum atomic E-state index is -0.999. The number of aromatic nitrogens is 1. The summed E-state index contributed by atoms with van der Waals surface area (Å²) in [6, 6.07) is 9.40. The van der Waals surface area contributed by atoms with Gasteiger partial charge in [-0.25, -0.2) is 9.59 Å². The van der Waals surface area contributed by atoms with E-state index in [9.17, 15) is 19.2 Å². The molecule has 0 spiro atoms. The normalized spacial score (nSPS) is 15.0. The van der Waals surface area contributed by atoms with Crippen molar-refractivity contribution < 1.29 is 33.4 Å². The van der Waals surface area contributed by atoms with Gasteiger partial charge in [0.15, 0.2) is 0 Å². The fraction of sp³-hybridized carbons (Fsp3) is 0.143. The van der Waals surface area contributed by atoms with E-state index in [4.69, 9.17) is 9.52 Å². The van der Waals surface area contributed by atoms with Gasteiger partial charge >= 0.3 is 18.0 Å². The van der Waals surface area contributed by atoms with Crippen LogP contribution in [0.2, 0.25) is 0 Å². The van der Waals surface area contributed by atoms with Crippen LogP contribution in [0.4, 0.5) is 4.79 Å². The van der Waals surface area contributed by atoms with E-state index >= 15 is 0 Å². The van der Waals surface area contributed by atoms with Gasteiger partial charge in [-0.1, -0.05) is 18.2 Å². The third kappa shape index (κ3) is 3.78. The van der Waals surface area contributed by atoms with Gasteiger partial charge in [-0.3, -0.25) is 14.5 Å². The molecule has 0 saturated carbocycles. The first-order valence-corrected chi connectivity index (χ1v) is 9.18. The Bertz CT molecular complexity index is 1250. The van der Waals surface area contributed by atoms with Gasteiger partial charge in [0.05, 0.1) is 13.7 Å². The van der Waals surface area contributed by atoms with E-state index in [1.165, 1.54) is 25.3 Å². The third-order valence-corrected chi connectivity index (χ3v) is 4.75. The number of nitrogens with one attached hydrogen (secondary N) is 1. The Balaban J connectivity index is 1.61. The first kappa shape index (κ1) is 20.0. The number of imide groups is 1. The van der Waals surface area contributed by atoms with Gasteiger partial charge in [0, 0.05) is 22.7 Å². The first-order valence-electron chi connectivity index (χ1n) is 9.18. The highest BCUT2D eigenvalue weighted by molar-refractivity contribution is 6.14. The molecule has 3 heterocycles. The molecule has 31 heavy (non-hydrogen) atoms. The summed E-state index contributed by atoms with van der Waals surface area (Å²) in [6.45, 7) is -0.406. The van der Waals surface area contributed by atoms with E-state index < -0.39 is 23.9 Å². The highest BCUT2D eigenvalue weighted by Crippen LogP contribution is 2.25. The Morgan fingerprint density at radius 3 is 2.71 bits per heavy atom. The fourth-order valence-electron chi connectivity index (χ4n) is 3.37. The SMILES string of the molecule is COC(=O)c1ccc(CN2C(=O)N/C(=C\c3cn(CC(=O)O)c4ccccc34)C2=O)o1. The van der Waals surface area contributed by atoms with Crippen molar-refractivity contribution in [1.29, 1.82) is 0 Å². The van der Waals surface area contributed by atoms with Crippen molar-refractivity contribution in [3.05, 3.63) is 65.4 Å². The summed E-state index contributed by atoms with van der Waals surface area (Å²) in [7, 11) is 1.21. The summed E-state index contributed by atoms with van der Waals surface area (Å²) in [6.07, 6.45) is 3.12. The largest absolute Gasteiger partial charge is 0.480 e.